The van der Waals surface area contributed by atoms with E-state index in [-0.39, 0.29) is 5.60 Å². The molecule has 0 heterocycles. The van der Waals surface area contributed by atoms with E-state index in [1.54, 1.807) is 0 Å². The Kier molecular flexibility index (Phi) is 6.63. The van der Waals surface area contributed by atoms with E-state index >= 15 is 0 Å². The Morgan fingerprint density at radius 2 is 2.00 bits per heavy atom. The van der Waals surface area contributed by atoms with Crippen LogP contribution in [0, 0.1) is 24.7 Å². The number of unbranched alkanes of at least 4 members (excludes halogenated alkanes) is 4. The van der Waals surface area contributed by atoms with Gasteiger partial charge < -0.3 is 4.43 Å². The van der Waals surface area contributed by atoms with E-state index < -0.39 is 8.32 Å². The van der Waals surface area contributed by atoms with E-state index in [2.05, 4.69) is 45.3 Å². The van der Waals surface area contributed by atoms with E-state index in [0.717, 1.165) is 19.3 Å². The van der Waals surface area contributed by atoms with Gasteiger partial charge in [-0.2, -0.15) is 0 Å². The van der Waals surface area contributed by atoms with Gasteiger partial charge in [-0.05, 0) is 58.2 Å². The molecule has 2 atom stereocenters. The van der Waals surface area contributed by atoms with Crippen molar-refractivity contribution in [3.05, 3.63) is 6.92 Å². The first-order chi connectivity index (χ1) is 8.90. The maximum atomic E-state index is 6.43. The summed E-state index contributed by atoms with van der Waals surface area (Å²) >= 11 is 0. The average molecular weight is 280 g/mol. The summed E-state index contributed by atoms with van der Waals surface area (Å²) in [6.45, 7) is 13.3. The second kappa shape index (κ2) is 7.50. The molecule has 1 aliphatic carbocycles. The SMILES string of the molecule is [CH2][C@@H]1CCC[C@@]1(C#CCCCCCC)O[Si](C)(C)C. The summed E-state index contributed by atoms with van der Waals surface area (Å²) in [6.07, 6.45) is 9.62. The fourth-order valence-corrected chi connectivity index (χ4v) is 4.18. The highest BCUT2D eigenvalue weighted by Gasteiger charge is 2.42. The topological polar surface area (TPSA) is 9.23 Å². The van der Waals surface area contributed by atoms with Gasteiger partial charge in [0.2, 0.25) is 0 Å². The monoisotopic (exact) mass is 279 g/mol. The van der Waals surface area contributed by atoms with Crippen LogP contribution in [-0.4, -0.2) is 13.9 Å². The maximum absolute atomic E-state index is 6.43. The summed E-state index contributed by atoms with van der Waals surface area (Å²) in [5.74, 6) is 7.22. The zero-order chi connectivity index (χ0) is 14.4. The normalized spacial score (nSPS) is 27.1. The van der Waals surface area contributed by atoms with Gasteiger partial charge in [0.25, 0.3) is 0 Å². The van der Waals surface area contributed by atoms with E-state index in [9.17, 15) is 0 Å². The lowest BCUT2D eigenvalue weighted by molar-refractivity contribution is 0.0985. The van der Waals surface area contributed by atoms with Crippen molar-refractivity contribution in [2.24, 2.45) is 5.92 Å². The van der Waals surface area contributed by atoms with Crippen LogP contribution < -0.4 is 0 Å². The minimum atomic E-state index is -1.56. The van der Waals surface area contributed by atoms with Gasteiger partial charge in [-0.3, -0.25) is 0 Å². The van der Waals surface area contributed by atoms with Crippen molar-refractivity contribution < 1.29 is 4.43 Å². The van der Waals surface area contributed by atoms with Gasteiger partial charge in [0.05, 0.1) is 0 Å². The van der Waals surface area contributed by atoms with Crippen LogP contribution in [0.5, 0.6) is 0 Å². The highest BCUT2D eigenvalue weighted by atomic mass is 28.4. The fourth-order valence-electron chi connectivity index (χ4n) is 2.77. The Bertz CT molecular complexity index is 320. The molecule has 0 aromatic rings. The largest absolute Gasteiger partial charge is 0.401 e. The Morgan fingerprint density at radius 1 is 1.26 bits per heavy atom. The zero-order valence-electron chi connectivity index (χ0n) is 13.3. The second-order valence-electron chi connectivity index (χ2n) is 6.81. The van der Waals surface area contributed by atoms with Crippen molar-refractivity contribution in [1.82, 2.24) is 0 Å². The molecule has 0 aromatic carbocycles. The Balaban J connectivity index is 2.58. The highest BCUT2D eigenvalue weighted by Crippen LogP contribution is 2.39. The fraction of sp³-hybridized carbons (Fsp3) is 0.824. The van der Waals surface area contributed by atoms with Crippen molar-refractivity contribution in [1.29, 1.82) is 0 Å². The van der Waals surface area contributed by atoms with Crippen LogP contribution in [0.4, 0.5) is 0 Å². The van der Waals surface area contributed by atoms with Crippen molar-refractivity contribution in [3.8, 4) is 11.8 Å². The molecule has 1 saturated carbocycles. The number of rotatable bonds is 6. The van der Waals surface area contributed by atoms with E-state index in [0.29, 0.717) is 5.92 Å². The number of hydrogen-bond acceptors (Lipinski definition) is 1. The van der Waals surface area contributed by atoms with E-state index in [1.807, 2.05) is 0 Å². The predicted molar refractivity (Wildman–Crippen MR) is 86.4 cm³/mol. The standard InChI is InChI=1S/C17H31OSi/c1-6-7-8-9-10-11-14-17(18-19(3,4)5)15-12-13-16(17)2/h16H,2,6-10,12-13,15H2,1,3-5H3/t16-,17-/m1/s1. The summed E-state index contributed by atoms with van der Waals surface area (Å²) in [4.78, 5) is 0. The maximum Gasteiger partial charge on any atom is 0.185 e. The van der Waals surface area contributed by atoms with Crippen LogP contribution in [0.25, 0.3) is 0 Å². The molecule has 0 aliphatic heterocycles. The molecule has 0 saturated heterocycles. The smallest absolute Gasteiger partial charge is 0.185 e. The van der Waals surface area contributed by atoms with Crippen LogP contribution in [0.3, 0.4) is 0 Å². The summed E-state index contributed by atoms with van der Waals surface area (Å²) < 4.78 is 6.43. The first kappa shape index (κ1) is 16.8. The summed E-state index contributed by atoms with van der Waals surface area (Å²) in [5.41, 5.74) is -0.227. The quantitative estimate of drug-likeness (QED) is 0.369. The lowest BCUT2D eigenvalue weighted by atomic mass is 9.93. The summed E-state index contributed by atoms with van der Waals surface area (Å²) in [5, 5.41) is 0. The molecule has 1 fully saturated rings. The van der Waals surface area contributed by atoms with Crippen molar-refractivity contribution in [2.45, 2.75) is 83.5 Å². The molecule has 1 nitrogen and oxygen atoms in total. The van der Waals surface area contributed by atoms with Crippen molar-refractivity contribution in [2.75, 3.05) is 0 Å². The molecule has 1 aliphatic rings. The molecule has 0 N–H and O–H groups in total. The summed E-state index contributed by atoms with van der Waals surface area (Å²) in [7, 11) is -1.56. The molecular weight excluding hydrogens is 248 g/mol. The molecule has 0 amide bonds. The van der Waals surface area contributed by atoms with Crippen LogP contribution in [0.2, 0.25) is 19.6 Å². The number of hydrogen-bond donors (Lipinski definition) is 0. The Labute approximate surface area is 121 Å². The van der Waals surface area contributed by atoms with Crippen LogP contribution in [0.15, 0.2) is 0 Å². The molecule has 0 spiro atoms. The molecule has 19 heavy (non-hydrogen) atoms. The van der Waals surface area contributed by atoms with Crippen LogP contribution >= 0.6 is 0 Å². The van der Waals surface area contributed by atoms with Gasteiger partial charge in [-0.15, -0.1) is 5.92 Å². The molecular formula is C17H31OSi. The molecule has 0 unspecified atom stereocenters. The third-order valence-electron chi connectivity index (χ3n) is 3.70. The Hall–Kier alpha value is -0.263. The van der Waals surface area contributed by atoms with Crippen molar-refractivity contribution >= 4 is 8.32 Å². The van der Waals surface area contributed by atoms with Gasteiger partial charge in [0.1, 0.15) is 5.60 Å². The summed E-state index contributed by atoms with van der Waals surface area (Å²) in [6, 6.07) is 0. The highest BCUT2D eigenvalue weighted by molar-refractivity contribution is 6.69. The Morgan fingerprint density at radius 3 is 2.53 bits per heavy atom. The minimum Gasteiger partial charge on any atom is -0.401 e. The van der Waals surface area contributed by atoms with Gasteiger partial charge in [0, 0.05) is 6.42 Å². The average Bonchev–Trinajstić information content (AvgIpc) is 2.63. The first-order valence-electron chi connectivity index (χ1n) is 7.93. The lowest BCUT2D eigenvalue weighted by Gasteiger charge is -2.35. The van der Waals surface area contributed by atoms with E-state index in [4.69, 9.17) is 4.43 Å². The van der Waals surface area contributed by atoms with Gasteiger partial charge in [0.15, 0.2) is 8.32 Å². The van der Waals surface area contributed by atoms with Gasteiger partial charge in [-0.1, -0.05) is 32.1 Å². The van der Waals surface area contributed by atoms with Gasteiger partial charge in [-0.25, -0.2) is 0 Å². The zero-order valence-corrected chi connectivity index (χ0v) is 14.3. The van der Waals surface area contributed by atoms with E-state index in [1.165, 1.54) is 32.1 Å². The molecule has 1 rings (SSSR count). The lowest BCUT2D eigenvalue weighted by Crippen LogP contribution is -2.43. The molecule has 109 valence electrons. The van der Waals surface area contributed by atoms with Crippen LogP contribution in [-0.2, 0) is 4.43 Å². The molecule has 2 heteroatoms. The minimum absolute atomic E-state index is 0.227. The first-order valence-corrected chi connectivity index (χ1v) is 11.3. The third kappa shape index (κ3) is 5.71. The molecule has 1 radical (unpaired) electrons. The van der Waals surface area contributed by atoms with Crippen LogP contribution in [0.1, 0.15) is 58.3 Å². The second-order valence-corrected chi connectivity index (χ2v) is 11.2. The van der Waals surface area contributed by atoms with Gasteiger partial charge >= 0.3 is 0 Å². The molecule has 0 aromatic heterocycles. The predicted octanol–water partition coefficient (Wildman–Crippen LogP) is 5.18. The molecule has 0 bridgehead atoms. The third-order valence-corrected chi connectivity index (χ3v) is 4.68. The van der Waals surface area contributed by atoms with Crippen molar-refractivity contribution in [3.63, 3.8) is 0 Å².